The first-order chi connectivity index (χ1) is 13.6. The van der Waals surface area contributed by atoms with Crippen LogP contribution in [0.2, 0.25) is 0 Å². The molecule has 8 nitrogen and oxygen atoms in total. The number of hydrogen-bond donors (Lipinski definition) is 2. The molecule has 0 aliphatic carbocycles. The summed E-state index contributed by atoms with van der Waals surface area (Å²) in [5.74, 6) is 1.53. The number of ether oxygens (including phenoxy) is 2. The zero-order valence-corrected chi connectivity index (χ0v) is 15.1. The molecule has 4 rings (SSSR count). The number of carbonyl (C=O) groups excluding carboxylic acids is 1. The number of benzene rings is 1. The summed E-state index contributed by atoms with van der Waals surface area (Å²) in [5, 5.41) is 2.88. The van der Waals surface area contributed by atoms with E-state index in [1.807, 2.05) is 6.07 Å². The molecular weight excluding hydrogens is 360 g/mol. The van der Waals surface area contributed by atoms with Gasteiger partial charge < -0.3 is 19.8 Å². The standard InChI is InChI=1S/C20H18N4O4/c1-12(15-9-19(26)24-20(23-15)14-3-2-6-21-10-14)22-18(25)8-13-4-5-16-17(7-13)28-11-27-16/h2-7,9-10,12H,8,11H2,1H3,(H,22,25)(H,23,24,26)/t12-/m0/s1. The smallest absolute Gasteiger partial charge is 0.251 e. The summed E-state index contributed by atoms with van der Waals surface area (Å²) in [7, 11) is 0. The van der Waals surface area contributed by atoms with Gasteiger partial charge in [0.1, 0.15) is 5.82 Å². The highest BCUT2D eigenvalue weighted by Gasteiger charge is 2.17. The van der Waals surface area contributed by atoms with Gasteiger partial charge in [0, 0.05) is 24.0 Å². The van der Waals surface area contributed by atoms with Crippen LogP contribution >= 0.6 is 0 Å². The molecule has 3 heterocycles. The predicted octanol–water partition coefficient (Wildman–Crippen LogP) is 1.98. The molecular formula is C20H18N4O4. The highest BCUT2D eigenvalue weighted by atomic mass is 16.7. The summed E-state index contributed by atoms with van der Waals surface area (Å²) in [4.78, 5) is 35.6. The molecule has 0 saturated carbocycles. The summed E-state index contributed by atoms with van der Waals surface area (Å²) in [5.41, 5.74) is 1.69. The fourth-order valence-electron chi connectivity index (χ4n) is 2.94. The number of rotatable bonds is 5. The number of aromatic nitrogens is 3. The Morgan fingerprint density at radius 1 is 1.25 bits per heavy atom. The van der Waals surface area contributed by atoms with Crippen LogP contribution < -0.4 is 20.3 Å². The molecule has 2 aromatic heterocycles. The molecule has 0 saturated heterocycles. The topological polar surface area (TPSA) is 106 Å². The molecule has 1 aliphatic heterocycles. The Morgan fingerprint density at radius 3 is 2.93 bits per heavy atom. The lowest BCUT2D eigenvalue weighted by Crippen LogP contribution is -2.29. The lowest BCUT2D eigenvalue weighted by molar-refractivity contribution is -0.121. The third kappa shape index (κ3) is 3.85. The van der Waals surface area contributed by atoms with E-state index in [2.05, 4.69) is 20.3 Å². The molecule has 0 spiro atoms. The fourth-order valence-corrected chi connectivity index (χ4v) is 2.94. The van der Waals surface area contributed by atoms with Crippen LogP contribution in [0.3, 0.4) is 0 Å². The lowest BCUT2D eigenvalue weighted by Gasteiger charge is -2.14. The van der Waals surface area contributed by atoms with Gasteiger partial charge in [-0.3, -0.25) is 14.6 Å². The van der Waals surface area contributed by atoms with Gasteiger partial charge in [-0.1, -0.05) is 6.07 Å². The van der Waals surface area contributed by atoms with E-state index in [-0.39, 0.29) is 24.7 Å². The highest BCUT2D eigenvalue weighted by molar-refractivity contribution is 5.79. The molecule has 1 atom stereocenters. The molecule has 142 valence electrons. The average Bonchev–Trinajstić information content (AvgIpc) is 3.16. The molecule has 1 aliphatic rings. The summed E-state index contributed by atoms with van der Waals surface area (Å²) < 4.78 is 10.6. The van der Waals surface area contributed by atoms with Gasteiger partial charge >= 0.3 is 0 Å². The van der Waals surface area contributed by atoms with E-state index in [1.165, 1.54) is 6.07 Å². The second-order valence-corrected chi connectivity index (χ2v) is 6.41. The molecule has 28 heavy (non-hydrogen) atoms. The predicted molar refractivity (Wildman–Crippen MR) is 101 cm³/mol. The molecule has 0 fully saturated rings. The van der Waals surface area contributed by atoms with Crippen molar-refractivity contribution in [2.24, 2.45) is 0 Å². The number of nitrogens with zero attached hydrogens (tertiary/aromatic N) is 2. The number of fused-ring (bicyclic) bond motifs is 1. The number of hydrogen-bond acceptors (Lipinski definition) is 6. The van der Waals surface area contributed by atoms with Gasteiger partial charge in [-0.05, 0) is 36.8 Å². The first-order valence-electron chi connectivity index (χ1n) is 8.78. The van der Waals surface area contributed by atoms with Crippen LogP contribution in [0.5, 0.6) is 11.5 Å². The minimum absolute atomic E-state index is 0.180. The van der Waals surface area contributed by atoms with Crippen molar-refractivity contribution in [1.29, 1.82) is 0 Å². The van der Waals surface area contributed by atoms with Crippen LogP contribution in [-0.2, 0) is 11.2 Å². The third-order valence-corrected chi connectivity index (χ3v) is 4.32. The maximum Gasteiger partial charge on any atom is 0.251 e. The number of pyridine rings is 1. The number of H-pyrrole nitrogens is 1. The van der Waals surface area contributed by atoms with Gasteiger partial charge in [0.15, 0.2) is 11.5 Å². The second kappa shape index (κ2) is 7.51. The molecule has 2 N–H and O–H groups in total. The van der Waals surface area contributed by atoms with Crippen molar-refractivity contribution in [3.05, 3.63) is 70.4 Å². The summed E-state index contributed by atoms with van der Waals surface area (Å²) >= 11 is 0. The molecule has 0 radical (unpaired) electrons. The van der Waals surface area contributed by atoms with Gasteiger partial charge in [-0.15, -0.1) is 0 Å². The van der Waals surface area contributed by atoms with Crippen molar-refractivity contribution < 1.29 is 14.3 Å². The highest BCUT2D eigenvalue weighted by Crippen LogP contribution is 2.32. The molecule has 3 aromatic rings. The summed E-state index contributed by atoms with van der Waals surface area (Å²) in [6.07, 6.45) is 3.44. The van der Waals surface area contributed by atoms with Crippen molar-refractivity contribution >= 4 is 5.91 Å². The van der Waals surface area contributed by atoms with Crippen LogP contribution in [0.25, 0.3) is 11.4 Å². The first kappa shape index (κ1) is 17.7. The van der Waals surface area contributed by atoms with Crippen LogP contribution in [0.15, 0.2) is 53.6 Å². The minimum Gasteiger partial charge on any atom is -0.454 e. The van der Waals surface area contributed by atoms with Crippen LogP contribution in [0.1, 0.15) is 24.2 Å². The minimum atomic E-state index is -0.431. The maximum absolute atomic E-state index is 12.4. The zero-order chi connectivity index (χ0) is 19.5. The van der Waals surface area contributed by atoms with Crippen molar-refractivity contribution in [3.63, 3.8) is 0 Å². The van der Waals surface area contributed by atoms with Gasteiger partial charge in [0.2, 0.25) is 12.7 Å². The number of nitrogens with one attached hydrogen (secondary N) is 2. The van der Waals surface area contributed by atoms with E-state index in [0.717, 1.165) is 5.56 Å². The van der Waals surface area contributed by atoms with Crippen molar-refractivity contribution in [3.8, 4) is 22.9 Å². The normalized spacial score (nSPS) is 13.2. The largest absolute Gasteiger partial charge is 0.454 e. The third-order valence-electron chi connectivity index (χ3n) is 4.32. The van der Waals surface area contributed by atoms with E-state index in [4.69, 9.17) is 9.47 Å². The molecule has 0 unspecified atom stereocenters. The zero-order valence-electron chi connectivity index (χ0n) is 15.1. The molecule has 0 bridgehead atoms. The quantitative estimate of drug-likeness (QED) is 0.703. The Balaban J connectivity index is 1.47. The van der Waals surface area contributed by atoms with Crippen molar-refractivity contribution in [2.75, 3.05) is 6.79 Å². The summed E-state index contributed by atoms with van der Waals surface area (Å²) in [6, 6.07) is 9.91. The van der Waals surface area contributed by atoms with Gasteiger partial charge in [0.05, 0.1) is 18.2 Å². The van der Waals surface area contributed by atoms with Gasteiger partial charge in [-0.25, -0.2) is 4.98 Å². The maximum atomic E-state index is 12.4. The Hall–Kier alpha value is -3.68. The van der Waals surface area contributed by atoms with Gasteiger partial charge in [0.25, 0.3) is 5.56 Å². The Morgan fingerprint density at radius 2 is 2.11 bits per heavy atom. The molecule has 1 aromatic carbocycles. The monoisotopic (exact) mass is 378 g/mol. The van der Waals surface area contributed by atoms with E-state index in [0.29, 0.717) is 28.6 Å². The second-order valence-electron chi connectivity index (χ2n) is 6.41. The molecule has 1 amide bonds. The molecule has 8 heteroatoms. The Labute approximate surface area is 160 Å². The van der Waals surface area contributed by atoms with Crippen LogP contribution in [0.4, 0.5) is 0 Å². The van der Waals surface area contributed by atoms with Crippen LogP contribution in [-0.4, -0.2) is 27.7 Å². The number of aromatic amines is 1. The van der Waals surface area contributed by atoms with Crippen LogP contribution in [0, 0.1) is 0 Å². The van der Waals surface area contributed by atoms with E-state index >= 15 is 0 Å². The Bertz CT molecular complexity index is 1070. The lowest BCUT2D eigenvalue weighted by atomic mass is 10.1. The fraction of sp³-hybridized carbons (Fsp3) is 0.200. The SMILES string of the molecule is C[C@H](NC(=O)Cc1ccc2c(c1)OCO2)c1cc(=O)[nH]c(-c2cccnc2)n1. The number of carbonyl (C=O) groups is 1. The first-order valence-corrected chi connectivity index (χ1v) is 8.78. The van der Waals surface area contributed by atoms with E-state index in [1.54, 1.807) is 43.6 Å². The number of amides is 1. The summed E-state index contributed by atoms with van der Waals surface area (Å²) in [6.45, 7) is 1.97. The Kier molecular flexibility index (Phi) is 4.76. The van der Waals surface area contributed by atoms with Gasteiger partial charge in [-0.2, -0.15) is 0 Å². The average molecular weight is 378 g/mol. The van der Waals surface area contributed by atoms with E-state index < -0.39 is 6.04 Å². The van der Waals surface area contributed by atoms with Crippen molar-refractivity contribution in [2.45, 2.75) is 19.4 Å². The van der Waals surface area contributed by atoms with E-state index in [9.17, 15) is 9.59 Å². The van der Waals surface area contributed by atoms with Crippen molar-refractivity contribution in [1.82, 2.24) is 20.3 Å².